The monoisotopic (exact) mass is 765 g/mol. The molecule has 0 amide bonds. The van der Waals surface area contributed by atoms with Crippen molar-refractivity contribution < 1.29 is 0 Å². The molecule has 0 saturated heterocycles. The van der Waals surface area contributed by atoms with Crippen molar-refractivity contribution in [2.45, 2.75) is 0 Å². The van der Waals surface area contributed by atoms with Gasteiger partial charge in [-0.3, -0.25) is 4.57 Å². The van der Waals surface area contributed by atoms with E-state index in [4.69, 9.17) is 15.0 Å². The van der Waals surface area contributed by atoms with Gasteiger partial charge in [0.15, 0.2) is 11.6 Å². The van der Waals surface area contributed by atoms with Crippen molar-refractivity contribution in [1.82, 2.24) is 24.1 Å². The summed E-state index contributed by atoms with van der Waals surface area (Å²) >= 11 is 0. The molecule has 9 aromatic carbocycles. The molecule has 0 N–H and O–H groups in total. The van der Waals surface area contributed by atoms with Crippen molar-refractivity contribution in [2.75, 3.05) is 0 Å². The van der Waals surface area contributed by atoms with Crippen LogP contribution >= 0.6 is 0 Å². The zero-order valence-electron chi connectivity index (χ0n) is 32.4. The van der Waals surface area contributed by atoms with E-state index in [9.17, 15) is 0 Å². The molecule has 0 saturated carbocycles. The first-order valence-corrected chi connectivity index (χ1v) is 20.3. The van der Waals surface area contributed by atoms with Crippen LogP contribution in [-0.4, -0.2) is 24.1 Å². The fourth-order valence-corrected chi connectivity index (χ4v) is 8.88. The van der Waals surface area contributed by atoms with Crippen molar-refractivity contribution in [3.63, 3.8) is 0 Å². The summed E-state index contributed by atoms with van der Waals surface area (Å²) in [4.78, 5) is 15.1. The first-order chi connectivity index (χ1) is 29.7. The van der Waals surface area contributed by atoms with E-state index in [1.807, 2.05) is 60.7 Å². The van der Waals surface area contributed by atoms with Gasteiger partial charge in [-0.05, 0) is 93.7 Å². The van der Waals surface area contributed by atoms with Crippen molar-refractivity contribution in [2.24, 2.45) is 0 Å². The summed E-state index contributed by atoms with van der Waals surface area (Å²) < 4.78 is 4.54. The topological polar surface area (TPSA) is 48.5 Å². The zero-order valence-corrected chi connectivity index (χ0v) is 32.4. The second-order valence-corrected chi connectivity index (χ2v) is 15.3. The van der Waals surface area contributed by atoms with E-state index in [0.717, 1.165) is 38.5 Å². The maximum atomic E-state index is 5.10. The maximum absolute atomic E-state index is 5.10. The number of benzene rings is 9. The molecule has 280 valence electrons. The Morgan fingerprint density at radius 1 is 0.267 bits per heavy atom. The van der Waals surface area contributed by atoms with E-state index in [1.54, 1.807) is 0 Å². The molecule has 12 rings (SSSR count). The van der Waals surface area contributed by atoms with Crippen LogP contribution in [0, 0.1) is 0 Å². The molecular formula is C55H35N5. The predicted molar refractivity (Wildman–Crippen MR) is 248 cm³/mol. The summed E-state index contributed by atoms with van der Waals surface area (Å²) in [5.74, 6) is 1.86. The lowest BCUT2D eigenvalue weighted by Crippen LogP contribution is -2.06. The van der Waals surface area contributed by atoms with Gasteiger partial charge < -0.3 is 4.57 Å². The lowest BCUT2D eigenvalue weighted by molar-refractivity contribution is 0.953. The highest BCUT2D eigenvalue weighted by molar-refractivity contribution is 6.12. The molecule has 0 aliphatic rings. The van der Waals surface area contributed by atoms with E-state index in [1.165, 1.54) is 55.0 Å². The number of rotatable bonds is 6. The Kier molecular flexibility index (Phi) is 7.78. The second kappa shape index (κ2) is 13.8. The molecule has 0 atom stereocenters. The summed E-state index contributed by atoms with van der Waals surface area (Å²) in [5.41, 5.74) is 12.3. The Labute approximate surface area is 346 Å². The number of fused-ring (bicyclic) bond motifs is 7. The predicted octanol–water partition coefficient (Wildman–Crippen LogP) is 13.9. The third-order valence-corrected chi connectivity index (χ3v) is 11.8. The highest BCUT2D eigenvalue weighted by Gasteiger charge is 2.19. The quantitative estimate of drug-likeness (QED) is 0.169. The van der Waals surface area contributed by atoms with E-state index in [0.29, 0.717) is 17.6 Å². The SMILES string of the molecule is c1ccc(-c2nc(-c3ccccc3)nc(-n3c4ccccc4c4cc(-c5ccc6cc(-c7ccc8c(c7)c7ccccc7n8-c7ccccc7)ccc6c5)ccc43)n2)cc1. The third-order valence-electron chi connectivity index (χ3n) is 11.8. The molecule has 0 aliphatic heterocycles. The van der Waals surface area contributed by atoms with Crippen LogP contribution in [0.5, 0.6) is 0 Å². The average molecular weight is 766 g/mol. The fourth-order valence-electron chi connectivity index (χ4n) is 8.88. The first-order valence-electron chi connectivity index (χ1n) is 20.3. The van der Waals surface area contributed by atoms with Gasteiger partial charge in [-0.2, -0.15) is 9.97 Å². The van der Waals surface area contributed by atoms with Crippen molar-refractivity contribution in [3.05, 3.63) is 212 Å². The van der Waals surface area contributed by atoms with Crippen molar-refractivity contribution in [3.8, 4) is 56.7 Å². The smallest absolute Gasteiger partial charge is 0.238 e. The molecule has 60 heavy (non-hydrogen) atoms. The maximum Gasteiger partial charge on any atom is 0.238 e. The number of hydrogen-bond acceptors (Lipinski definition) is 3. The number of hydrogen-bond donors (Lipinski definition) is 0. The second-order valence-electron chi connectivity index (χ2n) is 15.3. The fraction of sp³-hybridized carbons (Fsp3) is 0. The highest BCUT2D eigenvalue weighted by atomic mass is 15.2. The molecule has 0 unspecified atom stereocenters. The standard InChI is InChI=1S/C55H35N5/c1-4-14-36(15-5-1)53-56-54(37-16-6-2-7-17-37)58-55(57-53)60-50-23-13-11-21-46(50)48-35-43(29-31-52(48)60)41-27-25-38-32-40(26-24-39(38)33-41)42-28-30-51-47(34-42)45-20-10-12-22-49(45)59(51)44-18-8-3-9-19-44/h1-35H. The molecule has 0 aliphatic carbocycles. The lowest BCUT2D eigenvalue weighted by Gasteiger charge is -2.11. The minimum atomic E-state index is 0.587. The van der Waals surface area contributed by atoms with Gasteiger partial charge in [-0.1, -0.05) is 152 Å². The van der Waals surface area contributed by atoms with Gasteiger partial charge in [0.25, 0.3) is 0 Å². The Morgan fingerprint density at radius 2 is 0.667 bits per heavy atom. The van der Waals surface area contributed by atoms with E-state index >= 15 is 0 Å². The third kappa shape index (κ3) is 5.59. The van der Waals surface area contributed by atoms with Crippen molar-refractivity contribution in [1.29, 1.82) is 0 Å². The zero-order chi connectivity index (χ0) is 39.6. The van der Waals surface area contributed by atoms with Crippen LogP contribution in [0.3, 0.4) is 0 Å². The first kappa shape index (κ1) is 33.9. The molecule has 5 nitrogen and oxygen atoms in total. The van der Waals surface area contributed by atoms with Gasteiger partial charge in [0, 0.05) is 38.4 Å². The van der Waals surface area contributed by atoms with Crippen LogP contribution in [0.1, 0.15) is 0 Å². The van der Waals surface area contributed by atoms with Gasteiger partial charge in [0.2, 0.25) is 5.95 Å². The van der Waals surface area contributed by atoms with Gasteiger partial charge in [0.1, 0.15) is 0 Å². The molecule has 5 heteroatoms. The molecular weight excluding hydrogens is 731 g/mol. The van der Waals surface area contributed by atoms with Crippen LogP contribution in [0.4, 0.5) is 0 Å². The Balaban J connectivity index is 0.938. The summed E-state index contributed by atoms with van der Waals surface area (Å²) in [6.07, 6.45) is 0. The highest BCUT2D eigenvalue weighted by Crippen LogP contribution is 2.38. The van der Waals surface area contributed by atoms with Crippen LogP contribution in [0.25, 0.3) is 111 Å². The van der Waals surface area contributed by atoms with Gasteiger partial charge >= 0.3 is 0 Å². The van der Waals surface area contributed by atoms with E-state index < -0.39 is 0 Å². The Morgan fingerprint density at radius 3 is 1.20 bits per heavy atom. The molecule has 3 aromatic heterocycles. The summed E-state index contributed by atoms with van der Waals surface area (Å²) in [6.45, 7) is 0. The van der Waals surface area contributed by atoms with E-state index in [-0.39, 0.29) is 0 Å². The van der Waals surface area contributed by atoms with Crippen molar-refractivity contribution >= 4 is 54.4 Å². The lowest BCUT2D eigenvalue weighted by atomic mass is 9.96. The molecule has 0 bridgehead atoms. The molecule has 0 radical (unpaired) electrons. The molecule has 0 fully saturated rings. The Bertz CT molecular complexity index is 3530. The van der Waals surface area contributed by atoms with Crippen LogP contribution in [0.15, 0.2) is 212 Å². The summed E-state index contributed by atoms with van der Waals surface area (Å²) in [7, 11) is 0. The summed E-state index contributed by atoms with van der Waals surface area (Å²) in [6, 6.07) is 75.3. The number of aromatic nitrogens is 5. The van der Waals surface area contributed by atoms with Gasteiger partial charge in [-0.15, -0.1) is 0 Å². The van der Waals surface area contributed by atoms with Gasteiger partial charge in [0.05, 0.1) is 22.1 Å². The van der Waals surface area contributed by atoms with Crippen LogP contribution < -0.4 is 0 Å². The van der Waals surface area contributed by atoms with Crippen LogP contribution in [0.2, 0.25) is 0 Å². The minimum absolute atomic E-state index is 0.587. The molecule has 12 aromatic rings. The molecule has 3 heterocycles. The number of para-hydroxylation sites is 3. The molecule has 0 spiro atoms. The minimum Gasteiger partial charge on any atom is -0.309 e. The average Bonchev–Trinajstić information content (AvgIpc) is 3.84. The Hall–Kier alpha value is -8.15. The van der Waals surface area contributed by atoms with Gasteiger partial charge in [-0.25, -0.2) is 4.98 Å². The number of nitrogens with zero attached hydrogens (tertiary/aromatic N) is 5. The largest absolute Gasteiger partial charge is 0.309 e. The van der Waals surface area contributed by atoms with Crippen LogP contribution in [-0.2, 0) is 0 Å². The summed E-state index contributed by atoms with van der Waals surface area (Å²) in [5, 5.41) is 7.21. The normalized spacial score (nSPS) is 11.7. The van der Waals surface area contributed by atoms with E-state index in [2.05, 4.69) is 161 Å².